The number of hydrogen-bond donors (Lipinski definition) is 2. The number of carboxylic acid groups (broad SMARTS) is 1. The lowest BCUT2D eigenvalue weighted by Gasteiger charge is -2.32. The first-order valence-electron chi connectivity index (χ1n) is 12.3. The Bertz CT molecular complexity index is 1450. The van der Waals surface area contributed by atoms with Gasteiger partial charge >= 0.3 is 5.97 Å². The van der Waals surface area contributed by atoms with E-state index in [0.29, 0.717) is 17.5 Å². The number of aliphatic carboxylic acids is 1. The molecule has 0 spiro atoms. The normalized spacial score (nSPS) is 12.9. The van der Waals surface area contributed by atoms with Gasteiger partial charge in [0, 0.05) is 24.2 Å². The summed E-state index contributed by atoms with van der Waals surface area (Å²) < 4.78 is 2.31. The maximum Gasteiger partial charge on any atom is 0.307 e. The molecule has 0 atom stereocenters. The molecule has 2 N–H and O–H groups in total. The van der Waals surface area contributed by atoms with Crippen molar-refractivity contribution in [2.45, 2.75) is 60.1 Å². The molecule has 1 aliphatic heterocycles. The van der Waals surface area contributed by atoms with E-state index in [1.807, 2.05) is 6.92 Å². The zero-order valence-corrected chi connectivity index (χ0v) is 22.9. The molecule has 0 fully saturated rings. The maximum atomic E-state index is 11.9. The summed E-state index contributed by atoms with van der Waals surface area (Å²) in [5.74, 6) is -0.289. The molecule has 0 saturated heterocycles. The van der Waals surface area contributed by atoms with Crippen LogP contribution in [0.4, 0.5) is 11.6 Å². The van der Waals surface area contributed by atoms with Crippen LogP contribution in [-0.2, 0) is 17.8 Å². The van der Waals surface area contributed by atoms with E-state index in [1.54, 1.807) is 33.2 Å². The van der Waals surface area contributed by atoms with Crippen molar-refractivity contribution in [3.8, 4) is 11.1 Å². The van der Waals surface area contributed by atoms with Crippen LogP contribution in [0.3, 0.4) is 0 Å². The molecule has 7 nitrogen and oxygen atoms in total. The molecular weight excluding hydrogens is 488 g/mol. The Morgan fingerprint density at radius 2 is 1.65 bits per heavy atom. The van der Waals surface area contributed by atoms with Crippen LogP contribution >= 0.6 is 11.6 Å². The summed E-state index contributed by atoms with van der Waals surface area (Å²) in [6, 6.07) is 10.5. The highest BCUT2D eigenvalue weighted by atomic mass is 35.5. The molecule has 2 aromatic heterocycles. The van der Waals surface area contributed by atoms with Gasteiger partial charge < -0.3 is 19.7 Å². The van der Waals surface area contributed by atoms with Gasteiger partial charge in [-0.2, -0.15) is 0 Å². The zero-order valence-electron chi connectivity index (χ0n) is 22.1. The highest BCUT2D eigenvalue weighted by Gasteiger charge is 2.30. The molecule has 3 heterocycles. The van der Waals surface area contributed by atoms with Crippen molar-refractivity contribution in [1.82, 2.24) is 14.5 Å². The van der Waals surface area contributed by atoms with Gasteiger partial charge in [0.1, 0.15) is 0 Å². The third-order valence-electron chi connectivity index (χ3n) is 6.24. The SMILES string of the molecule is CC(C)(C)O.Cc1ccc(-c2c(CC(=O)O)c(C)c3c4c2cc(C)n4CCN3c2ncc(Cl)cn2)cc1. The van der Waals surface area contributed by atoms with Gasteiger partial charge in [-0.25, -0.2) is 9.97 Å². The Morgan fingerprint density at radius 1 is 1.05 bits per heavy atom. The minimum Gasteiger partial charge on any atom is -0.481 e. The number of carboxylic acids is 1. The standard InChI is InChI=1S/C25H23ClN4O2.C4H10O/c1-14-4-6-17(7-5-14)22-19(11-21(31)32)16(3)23-24-20(22)10-15(2)29(24)8-9-30(23)25-27-12-18(26)13-28-25;1-4(2,3)5/h4-7,10,12-13H,8-9,11H2,1-3H3,(H,31,32);5H,1-3H3. The van der Waals surface area contributed by atoms with E-state index in [2.05, 4.69) is 63.6 Å². The number of benzene rings is 2. The van der Waals surface area contributed by atoms with Gasteiger partial charge in [-0.15, -0.1) is 0 Å². The Labute approximate surface area is 222 Å². The molecule has 0 radical (unpaired) electrons. The van der Waals surface area contributed by atoms with Gasteiger partial charge in [-0.3, -0.25) is 4.79 Å². The number of anilines is 2. The van der Waals surface area contributed by atoms with Crippen LogP contribution in [0.1, 0.15) is 43.2 Å². The number of aryl methyl sites for hydroxylation is 2. The zero-order chi connectivity index (χ0) is 27.1. The molecule has 194 valence electrons. The Kier molecular flexibility index (Phi) is 7.31. The maximum absolute atomic E-state index is 11.9. The van der Waals surface area contributed by atoms with E-state index in [4.69, 9.17) is 16.7 Å². The summed E-state index contributed by atoms with van der Waals surface area (Å²) >= 11 is 6.02. The van der Waals surface area contributed by atoms with Crippen LogP contribution in [0.2, 0.25) is 5.02 Å². The van der Waals surface area contributed by atoms with Crippen LogP contribution in [0.25, 0.3) is 22.0 Å². The van der Waals surface area contributed by atoms with Gasteiger partial charge in [0.15, 0.2) is 0 Å². The second-order valence-corrected chi connectivity index (χ2v) is 10.9. The molecule has 4 aromatic rings. The van der Waals surface area contributed by atoms with E-state index in [0.717, 1.165) is 51.1 Å². The fourth-order valence-electron chi connectivity index (χ4n) is 4.79. The van der Waals surface area contributed by atoms with E-state index >= 15 is 0 Å². The predicted molar refractivity (Wildman–Crippen MR) is 149 cm³/mol. The fraction of sp³-hybridized carbons (Fsp3) is 0.345. The van der Waals surface area contributed by atoms with Crippen LogP contribution in [0.15, 0.2) is 42.7 Å². The molecule has 8 heteroatoms. The first-order chi connectivity index (χ1) is 17.3. The first-order valence-corrected chi connectivity index (χ1v) is 12.6. The highest BCUT2D eigenvalue weighted by Crippen LogP contribution is 2.46. The minimum atomic E-state index is -0.853. The summed E-state index contributed by atoms with van der Waals surface area (Å²) in [6.07, 6.45) is 3.12. The van der Waals surface area contributed by atoms with Crippen molar-refractivity contribution >= 4 is 40.1 Å². The Balaban J connectivity index is 0.000000586. The molecule has 0 bridgehead atoms. The number of rotatable bonds is 4. The summed E-state index contributed by atoms with van der Waals surface area (Å²) in [7, 11) is 0. The van der Waals surface area contributed by atoms with Crippen LogP contribution in [0, 0.1) is 20.8 Å². The Hall–Kier alpha value is -3.42. The Morgan fingerprint density at radius 3 is 2.22 bits per heavy atom. The monoisotopic (exact) mass is 520 g/mol. The average Bonchev–Trinajstić information content (AvgIpc) is 3.14. The van der Waals surface area contributed by atoms with E-state index < -0.39 is 11.6 Å². The van der Waals surface area contributed by atoms with Crippen LogP contribution < -0.4 is 4.90 Å². The summed E-state index contributed by atoms with van der Waals surface area (Å²) in [6.45, 7) is 12.9. The van der Waals surface area contributed by atoms with Crippen LogP contribution in [-0.4, -0.2) is 42.9 Å². The molecule has 0 aliphatic carbocycles. The predicted octanol–water partition coefficient (Wildman–Crippen LogP) is 6.23. The average molecular weight is 521 g/mol. The molecule has 0 amide bonds. The van der Waals surface area contributed by atoms with Gasteiger partial charge in [0.05, 0.1) is 40.6 Å². The molecule has 37 heavy (non-hydrogen) atoms. The number of hydrogen-bond acceptors (Lipinski definition) is 5. The second kappa shape index (κ2) is 10.1. The number of aliphatic hydroxyl groups is 1. The van der Waals surface area contributed by atoms with Crippen molar-refractivity contribution in [3.05, 3.63) is 70.1 Å². The highest BCUT2D eigenvalue weighted by molar-refractivity contribution is 6.30. The van der Waals surface area contributed by atoms with Crippen molar-refractivity contribution in [1.29, 1.82) is 0 Å². The van der Waals surface area contributed by atoms with Gasteiger partial charge in [-0.1, -0.05) is 41.4 Å². The van der Waals surface area contributed by atoms with Gasteiger partial charge in [-0.05, 0) is 69.9 Å². The van der Waals surface area contributed by atoms with E-state index in [1.165, 1.54) is 5.56 Å². The lowest BCUT2D eigenvalue weighted by Crippen LogP contribution is -2.30. The summed E-state index contributed by atoms with van der Waals surface area (Å²) in [4.78, 5) is 22.9. The van der Waals surface area contributed by atoms with Crippen molar-refractivity contribution in [3.63, 3.8) is 0 Å². The van der Waals surface area contributed by atoms with Crippen molar-refractivity contribution in [2.24, 2.45) is 0 Å². The molecule has 5 rings (SSSR count). The summed E-state index contributed by atoms with van der Waals surface area (Å²) in [5.41, 5.74) is 7.65. The smallest absolute Gasteiger partial charge is 0.307 e. The summed E-state index contributed by atoms with van der Waals surface area (Å²) in [5, 5.41) is 19.8. The lowest BCUT2D eigenvalue weighted by atomic mass is 9.88. The topological polar surface area (TPSA) is 91.5 Å². The molecule has 0 saturated carbocycles. The fourth-order valence-corrected chi connectivity index (χ4v) is 4.89. The molecule has 1 aliphatic rings. The largest absolute Gasteiger partial charge is 0.481 e. The molecule has 2 aromatic carbocycles. The quantitative estimate of drug-likeness (QED) is 0.331. The first kappa shape index (κ1) is 26.6. The number of nitrogens with zero attached hydrogens (tertiary/aromatic N) is 4. The van der Waals surface area contributed by atoms with Crippen LogP contribution in [0.5, 0.6) is 0 Å². The van der Waals surface area contributed by atoms with Gasteiger partial charge in [0.2, 0.25) is 5.95 Å². The van der Waals surface area contributed by atoms with E-state index in [-0.39, 0.29) is 6.42 Å². The number of carbonyl (C=O) groups is 1. The van der Waals surface area contributed by atoms with E-state index in [9.17, 15) is 9.90 Å². The number of halogens is 1. The lowest BCUT2D eigenvalue weighted by molar-refractivity contribution is -0.136. The third-order valence-corrected chi connectivity index (χ3v) is 6.44. The molecule has 0 unspecified atom stereocenters. The van der Waals surface area contributed by atoms with Gasteiger partial charge in [0.25, 0.3) is 0 Å². The third kappa shape index (κ3) is 5.63. The van der Waals surface area contributed by atoms with Crippen molar-refractivity contribution in [2.75, 3.05) is 11.4 Å². The number of aromatic nitrogens is 3. The van der Waals surface area contributed by atoms with Crippen molar-refractivity contribution < 1.29 is 15.0 Å². The molecular formula is C29H33ClN4O3. The minimum absolute atomic E-state index is 0.0580. The second-order valence-electron chi connectivity index (χ2n) is 10.5.